The van der Waals surface area contributed by atoms with Gasteiger partial charge in [-0.25, -0.2) is 4.79 Å². The van der Waals surface area contributed by atoms with E-state index in [0.717, 1.165) is 12.8 Å². The number of nitrogens with zero attached hydrogens (tertiary/aromatic N) is 1. The Hall–Kier alpha value is -1.51. The van der Waals surface area contributed by atoms with Crippen molar-refractivity contribution >= 4 is 6.09 Å². The molecule has 3 heteroatoms. The number of rotatable bonds is 0. The Morgan fingerprint density at radius 1 is 1.20 bits per heavy atom. The summed E-state index contributed by atoms with van der Waals surface area (Å²) in [6.45, 7) is 1.41. The maximum atomic E-state index is 10.7. The van der Waals surface area contributed by atoms with Crippen molar-refractivity contribution in [1.29, 1.82) is 0 Å². The lowest BCUT2D eigenvalue weighted by Crippen LogP contribution is -2.58. The van der Waals surface area contributed by atoms with Gasteiger partial charge in [-0.2, -0.15) is 0 Å². The summed E-state index contributed by atoms with van der Waals surface area (Å²) in [5, 5.41) is 8.82. The molecule has 1 saturated heterocycles. The van der Waals surface area contributed by atoms with E-state index < -0.39 is 6.09 Å². The van der Waals surface area contributed by atoms with Crippen molar-refractivity contribution in [3.63, 3.8) is 0 Å². The predicted octanol–water partition coefficient (Wildman–Crippen LogP) is 1.77. The van der Waals surface area contributed by atoms with Crippen LogP contribution < -0.4 is 0 Å². The Morgan fingerprint density at radius 2 is 1.73 bits per heavy atom. The quantitative estimate of drug-likeness (QED) is 0.698. The maximum Gasteiger partial charge on any atom is 0.407 e. The largest absolute Gasteiger partial charge is 0.465 e. The Balaban J connectivity index is 1.78. The van der Waals surface area contributed by atoms with Crippen molar-refractivity contribution in [2.75, 3.05) is 13.1 Å². The zero-order valence-electron chi connectivity index (χ0n) is 8.44. The fraction of sp³-hybridized carbons (Fsp3) is 0.417. The molecule has 1 aromatic carbocycles. The van der Waals surface area contributed by atoms with Gasteiger partial charge in [0.2, 0.25) is 0 Å². The molecule has 1 fully saturated rings. The number of fused-ring (bicyclic) bond motifs is 1. The molecule has 1 spiro atoms. The highest BCUT2D eigenvalue weighted by Crippen LogP contribution is 2.43. The molecular weight excluding hydrogens is 190 g/mol. The van der Waals surface area contributed by atoms with Crippen molar-refractivity contribution in [2.45, 2.75) is 12.8 Å². The number of carbonyl (C=O) groups is 1. The summed E-state index contributed by atoms with van der Waals surface area (Å²) in [7, 11) is 0. The fourth-order valence-electron chi connectivity index (χ4n) is 2.90. The molecule has 0 atom stereocenters. The fourth-order valence-corrected chi connectivity index (χ4v) is 2.90. The van der Waals surface area contributed by atoms with Gasteiger partial charge in [0.05, 0.1) is 0 Å². The average molecular weight is 203 g/mol. The van der Waals surface area contributed by atoms with E-state index >= 15 is 0 Å². The van der Waals surface area contributed by atoms with Gasteiger partial charge < -0.3 is 10.0 Å². The van der Waals surface area contributed by atoms with Gasteiger partial charge in [-0.15, -0.1) is 0 Å². The third kappa shape index (κ3) is 1.23. The van der Waals surface area contributed by atoms with Gasteiger partial charge in [0.1, 0.15) is 0 Å². The second-order valence-corrected chi connectivity index (χ2v) is 4.76. The van der Waals surface area contributed by atoms with Gasteiger partial charge in [0, 0.05) is 18.5 Å². The first-order valence-electron chi connectivity index (χ1n) is 5.23. The zero-order chi connectivity index (χ0) is 10.5. The van der Waals surface area contributed by atoms with Crippen LogP contribution in [0.15, 0.2) is 24.3 Å². The molecule has 0 unspecified atom stereocenters. The topological polar surface area (TPSA) is 40.5 Å². The van der Waals surface area contributed by atoms with E-state index in [4.69, 9.17) is 5.11 Å². The summed E-state index contributed by atoms with van der Waals surface area (Å²) in [6, 6.07) is 8.44. The molecule has 1 heterocycles. The molecule has 1 amide bonds. The van der Waals surface area contributed by atoms with E-state index in [1.165, 1.54) is 16.0 Å². The van der Waals surface area contributed by atoms with Crippen molar-refractivity contribution in [2.24, 2.45) is 5.41 Å². The van der Waals surface area contributed by atoms with Crippen LogP contribution in [0.1, 0.15) is 11.1 Å². The van der Waals surface area contributed by atoms with Crippen molar-refractivity contribution in [1.82, 2.24) is 4.90 Å². The smallest absolute Gasteiger partial charge is 0.407 e. The SMILES string of the molecule is O=C(O)N1CC2(Cc3ccccc3C2)C1. The molecular formula is C12H13NO2. The van der Waals surface area contributed by atoms with E-state index in [2.05, 4.69) is 24.3 Å². The Bertz CT molecular complexity index is 394. The van der Waals surface area contributed by atoms with E-state index in [9.17, 15) is 4.79 Å². The van der Waals surface area contributed by atoms with E-state index in [1.807, 2.05) is 0 Å². The third-order valence-electron chi connectivity index (χ3n) is 3.57. The van der Waals surface area contributed by atoms with Gasteiger partial charge in [-0.3, -0.25) is 0 Å². The lowest BCUT2D eigenvalue weighted by Gasteiger charge is -2.46. The minimum atomic E-state index is -0.781. The molecule has 0 saturated carbocycles. The number of carboxylic acid groups (broad SMARTS) is 1. The zero-order valence-corrected chi connectivity index (χ0v) is 8.44. The molecule has 0 bridgehead atoms. The lowest BCUT2D eigenvalue weighted by atomic mass is 9.77. The standard InChI is InChI=1S/C12H13NO2/c14-11(15)13-7-12(8-13)5-9-3-1-2-4-10(9)6-12/h1-4H,5-8H2,(H,14,15). The molecule has 2 aliphatic rings. The van der Waals surface area contributed by atoms with Crippen molar-refractivity contribution < 1.29 is 9.90 Å². The minimum Gasteiger partial charge on any atom is -0.465 e. The normalized spacial score (nSPS) is 21.2. The summed E-state index contributed by atoms with van der Waals surface area (Å²) in [5.74, 6) is 0. The molecule has 1 aliphatic heterocycles. The molecule has 1 aliphatic carbocycles. The second kappa shape index (κ2) is 2.75. The molecule has 1 N–H and O–H groups in total. The predicted molar refractivity (Wildman–Crippen MR) is 55.9 cm³/mol. The lowest BCUT2D eigenvalue weighted by molar-refractivity contribution is 0.0174. The van der Waals surface area contributed by atoms with Crippen LogP contribution in [0, 0.1) is 5.41 Å². The first kappa shape index (κ1) is 8.77. The summed E-state index contributed by atoms with van der Waals surface area (Å²) in [6.07, 6.45) is 1.32. The monoisotopic (exact) mass is 203 g/mol. The summed E-state index contributed by atoms with van der Waals surface area (Å²) in [5.41, 5.74) is 3.03. The van der Waals surface area contributed by atoms with Crippen LogP contribution in [0.3, 0.4) is 0 Å². The van der Waals surface area contributed by atoms with Gasteiger partial charge in [-0.05, 0) is 24.0 Å². The van der Waals surface area contributed by atoms with Gasteiger partial charge >= 0.3 is 6.09 Å². The van der Waals surface area contributed by atoms with E-state index in [1.54, 1.807) is 0 Å². The molecule has 0 radical (unpaired) electrons. The van der Waals surface area contributed by atoms with Crippen LogP contribution in [-0.2, 0) is 12.8 Å². The number of amides is 1. The van der Waals surface area contributed by atoms with Crippen molar-refractivity contribution in [3.05, 3.63) is 35.4 Å². The van der Waals surface area contributed by atoms with Gasteiger partial charge in [0.15, 0.2) is 0 Å². The highest BCUT2D eigenvalue weighted by atomic mass is 16.4. The van der Waals surface area contributed by atoms with Gasteiger partial charge in [0.25, 0.3) is 0 Å². The highest BCUT2D eigenvalue weighted by Gasteiger charge is 2.48. The number of hydrogen-bond acceptors (Lipinski definition) is 1. The van der Waals surface area contributed by atoms with Crippen LogP contribution in [-0.4, -0.2) is 29.2 Å². The molecule has 78 valence electrons. The molecule has 1 aromatic rings. The molecule has 3 rings (SSSR count). The van der Waals surface area contributed by atoms with Crippen molar-refractivity contribution in [3.8, 4) is 0 Å². The van der Waals surface area contributed by atoms with Crippen LogP contribution in [0.2, 0.25) is 0 Å². The first-order chi connectivity index (χ1) is 7.19. The first-order valence-corrected chi connectivity index (χ1v) is 5.23. The average Bonchev–Trinajstić information content (AvgIpc) is 2.53. The second-order valence-electron chi connectivity index (χ2n) is 4.76. The van der Waals surface area contributed by atoms with E-state index in [0.29, 0.717) is 13.1 Å². The van der Waals surface area contributed by atoms with Crippen LogP contribution in [0.5, 0.6) is 0 Å². The van der Waals surface area contributed by atoms with Crippen LogP contribution >= 0.6 is 0 Å². The Kier molecular flexibility index (Phi) is 1.61. The van der Waals surface area contributed by atoms with Crippen LogP contribution in [0.4, 0.5) is 4.79 Å². The summed E-state index contributed by atoms with van der Waals surface area (Å²) < 4.78 is 0. The van der Waals surface area contributed by atoms with E-state index in [-0.39, 0.29) is 5.41 Å². The minimum absolute atomic E-state index is 0.224. The van der Waals surface area contributed by atoms with Gasteiger partial charge in [-0.1, -0.05) is 24.3 Å². The highest BCUT2D eigenvalue weighted by molar-refractivity contribution is 5.66. The number of benzene rings is 1. The summed E-state index contributed by atoms with van der Waals surface area (Å²) >= 11 is 0. The summed E-state index contributed by atoms with van der Waals surface area (Å²) in [4.78, 5) is 12.2. The third-order valence-corrected chi connectivity index (χ3v) is 3.57. The number of hydrogen-bond donors (Lipinski definition) is 1. The molecule has 15 heavy (non-hydrogen) atoms. The van der Waals surface area contributed by atoms with Crippen LogP contribution in [0.25, 0.3) is 0 Å². The molecule has 0 aromatic heterocycles. The maximum absolute atomic E-state index is 10.7. The Labute approximate surface area is 88.3 Å². The number of likely N-dealkylation sites (tertiary alicyclic amines) is 1. The Morgan fingerprint density at radius 3 is 2.20 bits per heavy atom. The molecule has 3 nitrogen and oxygen atoms in total.